The molecule has 0 heterocycles. The monoisotopic (exact) mass is 364 g/mol. The Morgan fingerprint density at radius 2 is 2.05 bits per heavy atom. The number of aliphatic hydroxyl groups is 1. The number of aliphatic hydroxyl groups excluding tert-OH is 1. The van der Waals surface area contributed by atoms with E-state index in [9.17, 15) is 4.79 Å². The van der Waals surface area contributed by atoms with Gasteiger partial charge in [0.25, 0.3) is 0 Å². The smallest absolute Gasteiger partial charge is 0.152 e. The second-order valence-corrected chi connectivity index (χ2v) is 5.53. The standard InChI is InChI=1S/C17H21BrN2O2/c1-2-16(9-10-21)19-13-20-17-8-6-4-3-5-7-15(18)11-14(17)12-22/h3-8,11-13,16,21H,2,9-10H2,1H3,(H,19,20). The zero-order valence-corrected chi connectivity index (χ0v) is 14.2. The number of rotatable bonds is 7. The number of halogens is 1. The van der Waals surface area contributed by atoms with E-state index in [1.54, 1.807) is 12.4 Å². The van der Waals surface area contributed by atoms with E-state index in [2.05, 4.69) is 26.2 Å². The van der Waals surface area contributed by atoms with Crippen molar-refractivity contribution in [2.45, 2.75) is 25.8 Å². The van der Waals surface area contributed by atoms with Gasteiger partial charge in [-0.1, -0.05) is 47.1 Å². The number of aldehydes is 1. The zero-order chi connectivity index (χ0) is 16.2. The van der Waals surface area contributed by atoms with Crippen LogP contribution in [0.15, 0.2) is 51.9 Å². The van der Waals surface area contributed by atoms with E-state index < -0.39 is 0 Å². The Morgan fingerprint density at radius 3 is 2.68 bits per heavy atom. The SMILES string of the molecule is CCC(CCO)N=CNc1ccccccc(Br)cc1C=O. The minimum absolute atomic E-state index is 0.0754. The number of nitrogens with zero attached hydrogens (tertiary/aromatic N) is 1. The van der Waals surface area contributed by atoms with Crippen LogP contribution in [0.4, 0.5) is 5.69 Å². The molecule has 0 fully saturated rings. The highest BCUT2D eigenvalue weighted by atomic mass is 79.9. The second-order valence-electron chi connectivity index (χ2n) is 4.62. The highest BCUT2D eigenvalue weighted by Gasteiger charge is 2.01. The quantitative estimate of drug-likeness (QED) is 0.436. The summed E-state index contributed by atoms with van der Waals surface area (Å²) >= 11 is 3.40. The van der Waals surface area contributed by atoms with E-state index in [0.29, 0.717) is 17.7 Å². The molecule has 0 spiro atoms. The van der Waals surface area contributed by atoms with E-state index in [4.69, 9.17) is 5.11 Å². The molecular weight excluding hydrogens is 344 g/mol. The lowest BCUT2D eigenvalue weighted by molar-refractivity contribution is 0.112. The number of aliphatic imine (C=N–C) groups is 1. The van der Waals surface area contributed by atoms with Crippen molar-refractivity contribution in [1.82, 2.24) is 0 Å². The van der Waals surface area contributed by atoms with Crippen molar-refractivity contribution in [2.24, 2.45) is 4.99 Å². The summed E-state index contributed by atoms with van der Waals surface area (Å²) in [7, 11) is 0. The Morgan fingerprint density at radius 1 is 1.32 bits per heavy atom. The van der Waals surface area contributed by atoms with Gasteiger partial charge in [-0.3, -0.25) is 9.79 Å². The third-order valence-corrected chi connectivity index (χ3v) is 3.52. The van der Waals surface area contributed by atoms with Crippen molar-refractivity contribution < 1.29 is 9.90 Å². The van der Waals surface area contributed by atoms with Crippen molar-refractivity contribution in [2.75, 3.05) is 11.9 Å². The van der Waals surface area contributed by atoms with Gasteiger partial charge in [0.1, 0.15) is 0 Å². The highest BCUT2D eigenvalue weighted by Crippen LogP contribution is 2.14. The Balaban J connectivity index is 3.07. The summed E-state index contributed by atoms with van der Waals surface area (Å²) in [5.74, 6) is 0. The Kier molecular flexibility index (Phi) is 9.11. The summed E-state index contributed by atoms with van der Waals surface area (Å²) < 4.78 is 0.803. The Bertz CT molecular complexity index is 560. The number of nitrogens with one attached hydrogen (secondary N) is 1. The summed E-state index contributed by atoms with van der Waals surface area (Å²) in [6.07, 6.45) is 3.86. The van der Waals surface area contributed by atoms with Gasteiger partial charge in [-0.05, 0) is 31.0 Å². The topological polar surface area (TPSA) is 61.7 Å². The summed E-state index contributed by atoms with van der Waals surface area (Å²) in [5.41, 5.74) is 1.18. The van der Waals surface area contributed by atoms with Crippen LogP contribution in [0.2, 0.25) is 0 Å². The molecule has 0 aliphatic carbocycles. The van der Waals surface area contributed by atoms with E-state index >= 15 is 0 Å². The lowest BCUT2D eigenvalue weighted by Crippen LogP contribution is -2.08. The van der Waals surface area contributed by atoms with E-state index in [0.717, 1.165) is 17.2 Å². The molecule has 0 bridgehead atoms. The molecule has 2 N–H and O–H groups in total. The van der Waals surface area contributed by atoms with E-state index in [-0.39, 0.29) is 12.6 Å². The third kappa shape index (κ3) is 6.83. The minimum atomic E-state index is 0.0754. The van der Waals surface area contributed by atoms with Crippen LogP contribution in [0.5, 0.6) is 0 Å². The van der Waals surface area contributed by atoms with Gasteiger partial charge in [0, 0.05) is 22.3 Å². The van der Waals surface area contributed by atoms with Crippen molar-refractivity contribution in [3.63, 3.8) is 0 Å². The first-order valence-corrected chi connectivity index (χ1v) is 7.97. The molecule has 5 heteroatoms. The van der Waals surface area contributed by atoms with Crippen LogP contribution in [0.25, 0.3) is 0 Å². The normalized spacial score (nSPS) is 11.8. The molecule has 118 valence electrons. The fourth-order valence-electron chi connectivity index (χ4n) is 1.77. The molecule has 0 amide bonds. The van der Waals surface area contributed by atoms with Crippen LogP contribution < -0.4 is 5.32 Å². The van der Waals surface area contributed by atoms with Crippen LogP contribution in [0.3, 0.4) is 0 Å². The van der Waals surface area contributed by atoms with Crippen molar-refractivity contribution in [1.29, 1.82) is 0 Å². The summed E-state index contributed by atoms with van der Waals surface area (Å²) in [6.45, 7) is 2.14. The molecule has 1 unspecified atom stereocenters. The molecule has 0 aromatic heterocycles. The number of anilines is 1. The summed E-state index contributed by atoms with van der Waals surface area (Å²) in [5, 5.41) is 12.0. The molecule has 1 rings (SSSR count). The fourth-order valence-corrected chi connectivity index (χ4v) is 2.17. The van der Waals surface area contributed by atoms with Gasteiger partial charge in [0.15, 0.2) is 6.29 Å². The maximum absolute atomic E-state index is 11.3. The molecule has 1 aromatic carbocycles. The number of hydrogen-bond acceptors (Lipinski definition) is 3. The van der Waals surface area contributed by atoms with Crippen molar-refractivity contribution in [3.05, 3.63) is 52.5 Å². The van der Waals surface area contributed by atoms with Gasteiger partial charge in [0.05, 0.1) is 12.4 Å². The lowest BCUT2D eigenvalue weighted by atomic mass is 10.2. The van der Waals surface area contributed by atoms with Crippen LogP contribution in [0.1, 0.15) is 30.1 Å². The van der Waals surface area contributed by atoms with Crippen molar-refractivity contribution >= 4 is 34.2 Å². The highest BCUT2D eigenvalue weighted by molar-refractivity contribution is 9.10. The minimum Gasteiger partial charge on any atom is -0.396 e. The van der Waals surface area contributed by atoms with Crippen LogP contribution in [-0.4, -0.2) is 30.4 Å². The number of carbonyl (C=O) groups is 1. The van der Waals surface area contributed by atoms with Crippen LogP contribution >= 0.6 is 15.9 Å². The Hall–Kier alpha value is -1.72. The first kappa shape index (κ1) is 18.3. The predicted molar refractivity (Wildman–Crippen MR) is 95.1 cm³/mol. The summed E-state index contributed by atoms with van der Waals surface area (Å²) in [6, 6.07) is 13.0. The van der Waals surface area contributed by atoms with Crippen LogP contribution in [0, 0.1) is 0 Å². The van der Waals surface area contributed by atoms with Gasteiger partial charge >= 0.3 is 0 Å². The lowest BCUT2D eigenvalue weighted by Gasteiger charge is -2.07. The van der Waals surface area contributed by atoms with Gasteiger partial charge in [0.2, 0.25) is 0 Å². The maximum atomic E-state index is 11.3. The molecule has 4 nitrogen and oxygen atoms in total. The molecule has 0 saturated heterocycles. The molecule has 22 heavy (non-hydrogen) atoms. The molecule has 0 aliphatic rings. The fraction of sp³-hybridized carbons (Fsp3) is 0.294. The first-order chi connectivity index (χ1) is 10.7. The average molecular weight is 365 g/mol. The van der Waals surface area contributed by atoms with Gasteiger partial charge < -0.3 is 10.4 Å². The number of carbonyl (C=O) groups excluding carboxylic acids is 1. The summed E-state index contributed by atoms with van der Waals surface area (Å²) in [4.78, 5) is 15.7. The van der Waals surface area contributed by atoms with Crippen molar-refractivity contribution in [3.8, 4) is 0 Å². The van der Waals surface area contributed by atoms with E-state index in [1.807, 2.05) is 43.3 Å². The van der Waals surface area contributed by atoms with Crippen LogP contribution in [-0.2, 0) is 0 Å². The van der Waals surface area contributed by atoms with Gasteiger partial charge in [-0.2, -0.15) is 0 Å². The first-order valence-electron chi connectivity index (χ1n) is 7.18. The average Bonchev–Trinajstić information content (AvgIpc) is 2.53. The second kappa shape index (κ2) is 10.9. The zero-order valence-electron chi connectivity index (χ0n) is 12.6. The molecule has 1 aromatic rings. The molecule has 0 radical (unpaired) electrons. The third-order valence-electron chi connectivity index (χ3n) is 3.02. The van der Waals surface area contributed by atoms with Gasteiger partial charge in [-0.25, -0.2) is 0 Å². The molecule has 1 atom stereocenters. The number of hydrogen-bond donors (Lipinski definition) is 2. The van der Waals surface area contributed by atoms with Gasteiger partial charge in [-0.15, -0.1) is 0 Å². The molecule has 0 saturated carbocycles. The maximum Gasteiger partial charge on any atom is 0.152 e. The largest absolute Gasteiger partial charge is 0.396 e. The Labute approximate surface area is 139 Å². The van der Waals surface area contributed by atoms with E-state index in [1.165, 1.54) is 0 Å². The molecule has 0 aliphatic heterocycles. The molecular formula is C17H21BrN2O2. The predicted octanol–water partition coefficient (Wildman–Crippen LogP) is 3.99.